The molecule has 1 saturated heterocycles. The van der Waals surface area contributed by atoms with Crippen molar-refractivity contribution >= 4 is 17.7 Å². The maximum Gasteiger partial charge on any atom is 0.228 e. The Balaban J connectivity index is 1.56. The molecule has 3 heterocycles. The normalized spacial score (nSPS) is 14.6. The number of hydrogen-bond donors (Lipinski definition) is 0. The van der Waals surface area contributed by atoms with E-state index in [9.17, 15) is 0 Å². The predicted molar refractivity (Wildman–Crippen MR) is 102 cm³/mol. The van der Waals surface area contributed by atoms with Crippen LogP contribution in [0.1, 0.15) is 24.3 Å². The second kappa shape index (κ2) is 8.53. The van der Waals surface area contributed by atoms with E-state index in [-0.39, 0.29) is 0 Å². The molecular formula is C18H22N6O2S. The van der Waals surface area contributed by atoms with E-state index in [2.05, 4.69) is 42.0 Å². The zero-order valence-corrected chi connectivity index (χ0v) is 16.1. The quantitative estimate of drug-likeness (QED) is 0.573. The van der Waals surface area contributed by atoms with Crippen LogP contribution in [0.5, 0.6) is 0 Å². The molecule has 0 spiro atoms. The smallest absolute Gasteiger partial charge is 0.228 e. The van der Waals surface area contributed by atoms with Gasteiger partial charge in [-0.1, -0.05) is 49.0 Å². The van der Waals surface area contributed by atoms with Crippen LogP contribution in [-0.2, 0) is 23.5 Å². The van der Waals surface area contributed by atoms with Crippen LogP contribution < -0.4 is 4.90 Å². The van der Waals surface area contributed by atoms with Gasteiger partial charge in [-0.2, -0.15) is 0 Å². The number of thioether (sulfide) groups is 1. The predicted octanol–water partition coefficient (Wildman–Crippen LogP) is 2.40. The zero-order valence-electron chi connectivity index (χ0n) is 15.2. The van der Waals surface area contributed by atoms with Gasteiger partial charge in [-0.25, -0.2) is 0 Å². The van der Waals surface area contributed by atoms with Gasteiger partial charge in [0.1, 0.15) is 0 Å². The van der Waals surface area contributed by atoms with Crippen LogP contribution in [0, 0.1) is 0 Å². The van der Waals surface area contributed by atoms with Crippen LogP contribution in [0.3, 0.4) is 0 Å². The summed E-state index contributed by atoms with van der Waals surface area (Å²) < 4.78 is 13.2. The Bertz CT molecular complexity index is 860. The number of ether oxygens (including phenoxy) is 1. The highest BCUT2D eigenvalue weighted by Crippen LogP contribution is 2.26. The van der Waals surface area contributed by atoms with Crippen molar-refractivity contribution in [2.24, 2.45) is 0 Å². The second-order valence-electron chi connectivity index (χ2n) is 6.19. The summed E-state index contributed by atoms with van der Waals surface area (Å²) in [6.07, 6.45) is 0.739. The van der Waals surface area contributed by atoms with Crippen molar-refractivity contribution < 1.29 is 9.15 Å². The van der Waals surface area contributed by atoms with Crippen LogP contribution in [-0.4, -0.2) is 51.3 Å². The third-order valence-corrected chi connectivity index (χ3v) is 5.26. The Morgan fingerprint density at radius 1 is 1.00 bits per heavy atom. The molecule has 0 atom stereocenters. The van der Waals surface area contributed by atoms with Gasteiger partial charge >= 0.3 is 0 Å². The lowest BCUT2D eigenvalue weighted by molar-refractivity contribution is 0.121. The molecule has 1 aromatic carbocycles. The Morgan fingerprint density at radius 3 is 2.52 bits per heavy atom. The topological polar surface area (TPSA) is 82.1 Å². The summed E-state index contributed by atoms with van der Waals surface area (Å²) in [4.78, 5) is 2.23. The average Bonchev–Trinajstić information content (AvgIpc) is 3.35. The van der Waals surface area contributed by atoms with E-state index in [0.717, 1.165) is 30.6 Å². The molecule has 1 fully saturated rings. The van der Waals surface area contributed by atoms with E-state index in [1.54, 1.807) is 11.8 Å². The molecule has 0 N–H and O–H groups in total. The lowest BCUT2D eigenvalue weighted by atomic mass is 10.2. The fraction of sp³-hybridized carbons (Fsp3) is 0.444. The first-order chi connectivity index (χ1) is 13.3. The van der Waals surface area contributed by atoms with E-state index in [4.69, 9.17) is 9.15 Å². The molecule has 4 rings (SSSR count). The van der Waals surface area contributed by atoms with Crippen LogP contribution in [0.15, 0.2) is 39.9 Å². The monoisotopic (exact) mass is 386 g/mol. The van der Waals surface area contributed by atoms with Crippen molar-refractivity contribution in [2.45, 2.75) is 30.8 Å². The van der Waals surface area contributed by atoms with Gasteiger partial charge in [0.25, 0.3) is 0 Å². The fourth-order valence-electron chi connectivity index (χ4n) is 2.91. The van der Waals surface area contributed by atoms with Gasteiger partial charge in [0.2, 0.25) is 17.7 Å². The van der Waals surface area contributed by atoms with Crippen LogP contribution in [0.2, 0.25) is 0 Å². The van der Waals surface area contributed by atoms with Gasteiger partial charge in [0, 0.05) is 19.5 Å². The summed E-state index contributed by atoms with van der Waals surface area (Å²) in [5, 5.41) is 17.9. The molecule has 1 aliphatic heterocycles. The summed E-state index contributed by atoms with van der Waals surface area (Å²) >= 11 is 1.56. The van der Waals surface area contributed by atoms with E-state index >= 15 is 0 Å². The van der Waals surface area contributed by atoms with E-state index in [0.29, 0.717) is 37.3 Å². The number of nitrogens with zero attached hydrogens (tertiary/aromatic N) is 6. The first-order valence-electron chi connectivity index (χ1n) is 9.07. The lowest BCUT2D eigenvalue weighted by Crippen LogP contribution is -2.38. The Morgan fingerprint density at radius 2 is 1.78 bits per heavy atom. The molecule has 0 unspecified atom stereocenters. The maximum atomic E-state index is 5.61. The van der Waals surface area contributed by atoms with Gasteiger partial charge in [0.15, 0.2) is 5.16 Å². The molecule has 1 aliphatic rings. The molecule has 3 aromatic rings. The maximum absolute atomic E-state index is 5.61. The van der Waals surface area contributed by atoms with Crippen LogP contribution in [0.25, 0.3) is 0 Å². The van der Waals surface area contributed by atoms with Crippen molar-refractivity contribution in [1.82, 2.24) is 25.0 Å². The number of morpholine rings is 1. The van der Waals surface area contributed by atoms with Crippen molar-refractivity contribution in [2.75, 3.05) is 31.2 Å². The number of aromatic nitrogens is 5. The third-order valence-electron chi connectivity index (χ3n) is 4.31. The number of rotatable bonds is 7. The minimum absolute atomic E-state index is 0.572. The molecule has 8 nitrogen and oxygen atoms in total. The highest BCUT2D eigenvalue weighted by molar-refractivity contribution is 7.98. The van der Waals surface area contributed by atoms with Crippen molar-refractivity contribution in [3.8, 4) is 0 Å². The van der Waals surface area contributed by atoms with Crippen LogP contribution >= 0.6 is 11.8 Å². The fourth-order valence-corrected chi connectivity index (χ4v) is 3.68. The van der Waals surface area contributed by atoms with Crippen molar-refractivity contribution in [1.29, 1.82) is 0 Å². The molecule has 0 aliphatic carbocycles. The average molecular weight is 386 g/mol. The first kappa shape index (κ1) is 18.0. The third kappa shape index (κ3) is 4.30. The van der Waals surface area contributed by atoms with E-state index in [1.807, 2.05) is 25.1 Å². The molecule has 0 amide bonds. The lowest BCUT2D eigenvalue weighted by Gasteiger charge is -2.28. The zero-order chi connectivity index (χ0) is 18.5. The number of anilines is 1. The largest absolute Gasteiger partial charge is 0.424 e. The minimum atomic E-state index is 0.572. The minimum Gasteiger partial charge on any atom is -0.424 e. The molecular weight excluding hydrogens is 364 g/mol. The molecule has 0 bridgehead atoms. The SMILES string of the molecule is CCc1nnc(CSc2nnc(N3CCOCC3)n2Cc2ccccc2)o1. The van der Waals surface area contributed by atoms with Gasteiger partial charge in [0.05, 0.1) is 25.5 Å². The standard InChI is InChI=1S/C18H22N6O2S/c1-2-15-19-20-16(26-15)13-27-18-22-21-17(23-8-10-25-11-9-23)24(18)12-14-6-4-3-5-7-14/h3-7H,2,8-13H2,1H3. The second-order valence-corrected chi connectivity index (χ2v) is 7.13. The molecule has 142 valence electrons. The van der Waals surface area contributed by atoms with Crippen molar-refractivity contribution in [3.05, 3.63) is 47.7 Å². The Hall–Kier alpha value is -2.39. The van der Waals surface area contributed by atoms with Crippen LogP contribution in [0.4, 0.5) is 5.95 Å². The molecule has 2 aromatic heterocycles. The molecule has 9 heteroatoms. The first-order valence-corrected chi connectivity index (χ1v) is 10.1. The van der Waals surface area contributed by atoms with Gasteiger partial charge < -0.3 is 14.1 Å². The summed E-state index contributed by atoms with van der Waals surface area (Å²) in [5.74, 6) is 2.72. The summed E-state index contributed by atoms with van der Waals surface area (Å²) in [6, 6.07) is 10.3. The number of aryl methyl sites for hydroxylation is 1. The summed E-state index contributed by atoms with van der Waals surface area (Å²) in [7, 11) is 0. The van der Waals surface area contributed by atoms with E-state index in [1.165, 1.54) is 5.56 Å². The van der Waals surface area contributed by atoms with Gasteiger partial charge in [-0.15, -0.1) is 20.4 Å². The Kier molecular flexibility index (Phi) is 5.69. The van der Waals surface area contributed by atoms with Gasteiger partial charge in [-0.3, -0.25) is 4.57 Å². The number of hydrogen-bond acceptors (Lipinski definition) is 8. The molecule has 0 saturated carbocycles. The Labute approximate surface area is 161 Å². The van der Waals surface area contributed by atoms with Gasteiger partial charge in [-0.05, 0) is 5.56 Å². The summed E-state index contributed by atoms with van der Waals surface area (Å²) in [6.45, 7) is 5.77. The highest BCUT2D eigenvalue weighted by atomic mass is 32.2. The molecule has 0 radical (unpaired) electrons. The summed E-state index contributed by atoms with van der Waals surface area (Å²) in [5.41, 5.74) is 1.21. The van der Waals surface area contributed by atoms with Crippen molar-refractivity contribution in [3.63, 3.8) is 0 Å². The number of benzene rings is 1. The van der Waals surface area contributed by atoms with E-state index < -0.39 is 0 Å². The molecule has 27 heavy (non-hydrogen) atoms. The highest BCUT2D eigenvalue weighted by Gasteiger charge is 2.21.